The first-order valence-corrected chi connectivity index (χ1v) is 58.0. The molecule has 2 aromatic carbocycles. The lowest BCUT2D eigenvalue weighted by molar-refractivity contribution is -0.437. The summed E-state index contributed by atoms with van der Waals surface area (Å²) in [4.78, 5) is 157. The first-order chi connectivity index (χ1) is 65.2. The van der Waals surface area contributed by atoms with Crippen LogP contribution in [0, 0.1) is 6.92 Å². The van der Waals surface area contributed by atoms with Crippen molar-refractivity contribution in [3.8, 4) is 0 Å². The van der Waals surface area contributed by atoms with Crippen LogP contribution in [0.5, 0.6) is 0 Å². The lowest BCUT2D eigenvalue weighted by Gasteiger charge is -2.36. The average Bonchev–Trinajstić information content (AvgIpc) is 1.59. The number of nitrogens with zero attached hydrogens (tertiary/aromatic N) is 8. The zero-order valence-corrected chi connectivity index (χ0v) is 84.4. The van der Waals surface area contributed by atoms with Gasteiger partial charge in [0.25, 0.3) is 73.7 Å². The summed E-state index contributed by atoms with van der Waals surface area (Å²) in [6.07, 6.45) is 6.26. The van der Waals surface area contributed by atoms with Crippen molar-refractivity contribution < 1.29 is 189 Å². The van der Waals surface area contributed by atoms with Gasteiger partial charge in [0.1, 0.15) is 25.1 Å². The zero-order valence-electron chi connectivity index (χ0n) is 74.8. The van der Waals surface area contributed by atoms with E-state index in [-0.39, 0.29) is 118 Å². The van der Waals surface area contributed by atoms with Gasteiger partial charge in [-0.05, 0) is 126 Å². The number of phosphoric acid groups is 8. The number of carbonyl (C=O) groups excluding carboxylic acids is 1. The smallest absolute Gasteiger partial charge is 0.280 e. The van der Waals surface area contributed by atoms with E-state index in [1.165, 1.54) is 9.13 Å². The van der Waals surface area contributed by atoms with E-state index in [1.807, 2.05) is 78.8 Å². The molecule has 0 saturated carbocycles. The number of aromatic nitrogens is 8. The molecule has 6 aromatic rings. The van der Waals surface area contributed by atoms with E-state index in [4.69, 9.17) is 36.3 Å². The molecule has 14 atom stereocenters. The number of phosphoric ester groups is 4. The second-order valence-corrected chi connectivity index (χ2v) is 48.7. The number of amides is 1. The van der Waals surface area contributed by atoms with E-state index in [0.29, 0.717) is 62.8 Å². The van der Waals surface area contributed by atoms with Crippen molar-refractivity contribution in [2.24, 2.45) is 5.73 Å². The Kier molecular flexibility index (Phi) is 39.9. The maximum atomic E-state index is 13.3. The van der Waals surface area contributed by atoms with Crippen LogP contribution in [0.25, 0.3) is 22.3 Å². The van der Waals surface area contributed by atoms with Gasteiger partial charge in [0.05, 0.1) is 89.0 Å². The minimum atomic E-state index is -6.54. The number of nitrogens with two attached hydrogens (primary N) is 3. The Labute approximate surface area is 802 Å². The number of anilines is 3. The van der Waals surface area contributed by atoms with Crippen LogP contribution in [0.1, 0.15) is 160 Å². The van der Waals surface area contributed by atoms with E-state index >= 15 is 0 Å². The number of allylic oxidation sites excluding steroid dienone is 7. The summed E-state index contributed by atoms with van der Waals surface area (Å²) in [5.41, 5.74) is 22.0. The molecule has 10 unspecified atom stereocenters. The van der Waals surface area contributed by atoms with Crippen molar-refractivity contribution in [1.29, 1.82) is 0 Å². The monoisotopic (exact) mass is 2190 g/mol. The third kappa shape index (κ3) is 33.5. The van der Waals surface area contributed by atoms with Gasteiger partial charge in [0.2, 0.25) is 23.5 Å². The Balaban J connectivity index is 0.000000399. The second-order valence-electron chi connectivity index (χ2n) is 32.8. The lowest BCUT2D eigenvalue weighted by Crippen LogP contribution is -2.37. The average molecular weight is 2190 g/mol. The molecule has 2 fully saturated rings. The van der Waals surface area contributed by atoms with E-state index in [1.54, 1.807) is 6.07 Å². The predicted octanol–water partition coefficient (Wildman–Crippen LogP) is 1.44. The molecule has 8 heterocycles. The maximum Gasteiger partial charge on any atom is 0.280 e. The minimum Gasteiger partial charge on any atom is -0.850 e. The quantitative estimate of drug-likeness (QED) is 0.00496. The Hall–Kier alpha value is -6.59. The Morgan fingerprint density at radius 3 is 1.70 bits per heavy atom. The van der Waals surface area contributed by atoms with Gasteiger partial charge in [-0.3, -0.25) is 70.0 Å². The van der Waals surface area contributed by atoms with Gasteiger partial charge < -0.3 is 119 Å². The molecule has 782 valence electrons. The van der Waals surface area contributed by atoms with Gasteiger partial charge in [0, 0.05) is 95.5 Å². The first kappa shape index (κ1) is 115. The molecular weight excluding hydrogens is 2090 g/mol. The van der Waals surface area contributed by atoms with Gasteiger partial charge in [-0.2, -0.15) is 14.5 Å². The van der Waals surface area contributed by atoms with Gasteiger partial charge in [-0.25, -0.2) is 57.9 Å². The normalized spacial score (nSPS) is 22.9. The highest BCUT2D eigenvalue weighted by molar-refractivity contribution is 7.94. The molecule has 1 amide bonds. The molecule has 11 rings (SSSR count). The number of hydrogen-bond acceptors (Lipinski definition) is 52. The summed E-state index contributed by atoms with van der Waals surface area (Å²) >= 11 is 0.773. The number of imidazole rings is 2. The van der Waals surface area contributed by atoms with Crippen LogP contribution in [0.3, 0.4) is 0 Å². The van der Waals surface area contributed by atoms with Crippen molar-refractivity contribution in [3.63, 3.8) is 0 Å². The zero-order chi connectivity index (χ0) is 103. The third-order valence-corrected chi connectivity index (χ3v) is 35.3. The van der Waals surface area contributed by atoms with E-state index < -0.39 is 180 Å². The van der Waals surface area contributed by atoms with Gasteiger partial charge in [-0.15, -0.1) is 4.33 Å². The number of unbranched alkanes of at least 4 members (excludes halogenated alkanes) is 6. The molecule has 12 N–H and O–H groups in total. The highest BCUT2D eigenvalue weighted by atomic mass is 32.2. The molecule has 1 aliphatic carbocycles. The Morgan fingerprint density at radius 2 is 1.15 bits per heavy atom. The number of rotatable bonds is 53. The number of H-pyrrole nitrogens is 2. The lowest BCUT2D eigenvalue weighted by atomic mass is 9.81. The number of carbonyl (C=O) groups is 1. The first-order valence-electron chi connectivity index (χ1n) is 42.4. The summed E-state index contributed by atoms with van der Waals surface area (Å²) in [6.45, 7) is 7.88. The van der Waals surface area contributed by atoms with Crippen molar-refractivity contribution in [2.45, 2.75) is 190 Å². The van der Waals surface area contributed by atoms with E-state index in [9.17, 15) is 126 Å². The van der Waals surface area contributed by atoms with Crippen molar-refractivity contribution >= 4 is 152 Å². The highest BCUT2D eigenvalue weighted by Gasteiger charge is 2.46. The predicted molar refractivity (Wildman–Crippen MR) is 471 cm³/mol. The molecule has 0 spiro atoms. The molecule has 5 aliphatic rings. The molecule has 68 heteroatoms. The molecule has 4 aromatic heterocycles. The highest BCUT2D eigenvalue weighted by Crippen LogP contribution is 2.69. The topological polar surface area (TPSA) is 881 Å². The summed E-state index contributed by atoms with van der Waals surface area (Å²) in [5, 5.41) is 41.9. The van der Waals surface area contributed by atoms with E-state index in [2.05, 4.69) is 109 Å². The van der Waals surface area contributed by atoms with Crippen molar-refractivity contribution in [3.05, 3.63) is 133 Å². The number of ether oxygens (including phenoxy) is 2. The molecule has 140 heavy (non-hydrogen) atoms. The van der Waals surface area contributed by atoms with E-state index in [0.717, 1.165) is 81.0 Å². The van der Waals surface area contributed by atoms with Gasteiger partial charge in [0.15, 0.2) is 28.0 Å². The number of hydrogen-bond donors (Lipinski definition) is 9. The summed E-state index contributed by atoms with van der Waals surface area (Å²) < 4.78 is 227. The SMILES string of the molecule is Cc1ccc2c(c1)C(C)(C)/C(=C/C=C1\CCCC(/C=C/C3=[N+](CCCS(=O)(=O)[O-])c4ccc(SOOO)cc4C3(C)C)=C1NCCC(=O)NCCCCCCOP(=O)([O-])OP(=O)([O-])OP(=O)([O-])OP(=O)([O-])OC[C@H]1O[C@@H](n3cnc4c(=O)[nH]c(N)nc43)CC1O)N2CCCS(=O)(=O)[O-].NCCCCCCOP(=O)([O-])OP(=O)([O-])OP(=O)([O-])OP(=O)([O-])OC[C@H]1O[C@@H](n2cnc3c(=O)[nH]c(N)nc32)CC1[O-]. The summed E-state index contributed by atoms with van der Waals surface area (Å²) in [5.74, 6) is -2.00. The fourth-order valence-corrected chi connectivity index (χ4v) is 26.3. The molecule has 0 bridgehead atoms. The molecule has 2 saturated heterocycles. The molecule has 57 nitrogen and oxygen atoms in total. The standard InChI is InChI=1S/C56H79N9O26P4S3.C16H29N6O16P4/c1-36-15-19-42-40(31-36)55(2,3)46(63(42)26-11-29-97(78,79)80)21-16-37-13-10-14-38(17-22-47-56(4,5)41-32-39(96-88-87-69)18-20-43(41)64(47)27-12-30-98(81,82)83)50(37)59-25-23-48(67)58-24-8-6-7-9-28-84-92(70,71)89-94(74,75)91-95(76,77)90-93(72,73)85-34-45-44(66)33-49(86-45)65-35-60-51-52(65)61-54(57)62-53(51)68;17-5-3-1-2-4-6-33-39(25,26)36-41(29,30)38-42(31,32)37-40(27,28)34-8-11-10(23)7-12(35-11)22-9-19-13-14(22)20-16(18)21-15(13)24/h15-22,31-32,35,44-45,49,66H,6-14,23-30,33-34H2,1-5H3,(H11,57,58,61,62,67,68,69,70,71,72,73,74,75,76,77,78,79,80,81,82,83);9-12H,1-8,17H2,(H,25,26)(H,27,28)(H,29,30)(H,31,32)(H3,18,20,21,24)/q;-1/p-9/b37-16+,46-21-;/t44?,45-,49-;10?,11-,12-/m11/s1. The van der Waals surface area contributed by atoms with Crippen LogP contribution in [0.2, 0.25) is 0 Å². The van der Waals surface area contributed by atoms with Crippen LogP contribution >= 0.6 is 74.6 Å². The number of nitrogens with one attached hydrogen (secondary N) is 4. The third-order valence-electron chi connectivity index (χ3n) is 21.6. The second kappa shape index (κ2) is 48.4. The number of fused-ring (bicyclic) bond motifs is 4. The molecular formula is C72H99N15O42P8S3-10. The fraction of sp³-hybridized carbons (Fsp3) is 0.556. The van der Waals surface area contributed by atoms with Gasteiger partial charge >= 0.3 is 0 Å². The molecule has 0 radical (unpaired) electrons. The fourth-order valence-electron chi connectivity index (χ4n) is 15.4. The number of aryl methyl sites for hydroxylation is 1. The largest absolute Gasteiger partial charge is 0.850 e. The number of aromatic amines is 2. The number of nitrogen functional groups attached to an aromatic ring is 2. The Bertz CT molecular complexity index is 6440. The maximum absolute atomic E-state index is 13.3. The number of aliphatic hydroxyl groups excluding tert-OH is 1. The number of aliphatic hydroxyl groups is 1. The molecule has 4 aliphatic heterocycles. The van der Waals surface area contributed by atoms with Crippen LogP contribution in [-0.2, 0) is 135 Å². The van der Waals surface area contributed by atoms with Gasteiger partial charge in [-0.1, -0.05) is 80.5 Å². The van der Waals surface area contributed by atoms with Crippen LogP contribution in [0.4, 0.5) is 23.3 Å². The minimum absolute atomic E-state index is 0.00129. The van der Waals surface area contributed by atoms with Crippen molar-refractivity contribution in [1.82, 2.24) is 49.7 Å². The van der Waals surface area contributed by atoms with Crippen molar-refractivity contribution in [2.75, 3.05) is 87.0 Å². The summed E-state index contributed by atoms with van der Waals surface area (Å²) in [6, 6.07) is 11.4. The number of benzene rings is 2. The van der Waals surface area contributed by atoms with Crippen LogP contribution < -0.4 is 88.1 Å². The Morgan fingerprint density at radius 1 is 0.636 bits per heavy atom. The summed E-state index contributed by atoms with van der Waals surface area (Å²) in [7, 11) is -58.3. The van der Waals surface area contributed by atoms with Crippen LogP contribution in [-0.4, -0.2) is 187 Å². The van der Waals surface area contributed by atoms with Crippen LogP contribution in [0.15, 0.2) is 110 Å².